The summed E-state index contributed by atoms with van der Waals surface area (Å²) < 4.78 is 20.8. The van der Waals surface area contributed by atoms with Gasteiger partial charge in [-0.05, 0) is 137 Å². The van der Waals surface area contributed by atoms with E-state index in [1.807, 2.05) is 6.08 Å². The Morgan fingerprint density at radius 1 is 0.558 bits per heavy atom. The fourth-order valence-electron chi connectivity index (χ4n) is 10.9. The molecule has 6 aromatic carbocycles. The molecule has 0 saturated heterocycles. The van der Waals surface area contributed by atoms with Gasteiger partial charge in [-0.3, -0.25) is 17.8 Å². The van der Waals surface area contributed by atoms with Crippen LogP contribution in [0, 0.1) is 60.8 Å². The summed E-state index contributed by atoms with van der Waals surface area (Å²) in [6.45, 7) is 14.4. The first kappa shape index (κ1) is 112. The number of rotatable bonds is 11. The molecule has 15 heteroatoms. The van der Waals surface area contributed by atoms with Crippen molar-refractivity contribution in [2.24, 2.45) is 23.7 Å². The molecule has 13 rings (SSSR count). The molecule has 6 aromatic rings. The Bertz CT molecular complexity index is 3040. The number of aliphatic hydroxyl groups excluding tert-OH is 2. The summed E-state index contributed by atoms with van der Waals surface area (Å²) in [5.74, 6) is 4.69. The van der Waals surface area contributed by atoms with Crippen LogP contribution in [-0.4, -0.2) is 55.5 Å². The average molecular weight is 1810 g/mol. The van der Waals surface area contributed by atoms with Crippen LogP contribution >= 0.6 is 15.8 Å². The number of carbonyl (C=O) groups excluding carboxylic acids is 4. The summed E-state index contributed by atoms with van der Waals surface area (Å²) in [5.41, 5.74) is 3.25. The molecular weight excluding hydrogens is 1690 g/mol. The molecule has 0 spiro atoms. The molecule has 6 aliphatic carbocycles. The van der Waals surface area contributed by atoms with Gasteiger partial charge in [0.15, 0.2) is 0 Å². The third-order valence-corrected chi connectivity index (χ3v) is 20.5. The van der Waals surface area contributed by atoms with E-state index in [1.165, 1.54) is 132 Å². The normalized spacial score (nSPS) is 16.3. The SMILES string of the molecule is C1=CC2C=CC1C2.C1=CCC/C=C\CC1.C1=CCC/C=C\CC1.C=CCC.CC1(C)c2cccc(P(c3ccccc3)c3ccccc3)c2Oc2c(P(c3ccccc3)c3ccccc3)cccc21.CCCCC=O.CO.CO.C[C-]=O.O.O=CC1=CC2C=CC1C2.[2HH].[2H][C-]=O.[CH3-].[CH3-].[CH3-].[CH3-].[CH3-].[O]=[Rh].[Rh+2].[Rh+2].[Rh]. The number of benzene rings is 6. The number of allylic oxidation sites excluding steroid dienone is 17. The molecule has 2 unspecified atom stereocenters. The Labute approximate surface area is 685 Å². The summed E-state index contributed by atoms with van der Waals surface area (Å²) in [4.78, 5) is 36.9. The Morgan fingerprint density at radius 3 is 1.04 bits per heavy atom. The molecule has 4 N–H and O–H groups in total. The number of unbranched alkanes of at least 4 members (excludes halogenated alkanes) is 2. The number of ether oxygens (including phenoxy) is 1. The smallest absolute Gasteiger partial charge is 0 e. The van der Waals surface area contributed by atoms with Crippen molar-refractivity contribution in [3.63, 3.8) is 0 Å². The van der Waals surface area contributed by atoms with Gasteiger partial charge in [0.2, 0.25) is 0 Å². The summed E-state index contributed by atoms with van der Waals surface area (Å²) in [5, 5.41) is 21.8. The van der Waals surface area contributed by atoms with Crippen LogP contribution in [0.1, 0.15) is 138 Å². The van der Waals surface area contributed by atoms with E-state index in [9.17, 15) is 9.59 Å². The molecule has 7 aliphatic rings. The molecular formula is C89H121O9P2Rh4-3. The van der Waals surface area contributed by atoms with E-state index in [4.69, 9.17) is 29.5 Å². The molecule has 3 radical (unpaired) electrons. The van der Waals surface area contributed by atoms with Crippen LogP contribution in [0.25, 0.3) is 0 Å². The summed E-state index contributed by atoms with van der Waals surface area (Å²) >= 11 is 1.30. The topological polar surface area (TPSA) is 167 Å². The van der Waals surface area contributed by atoms with Gasteiger partial charge in [0.25, 0.3) is 0 Å². The zero-order chi connectivity index (χ0) is 70.4. The van der Waals surface area contributed by atoms with E-state index >= 15 is 0 Å². The van der Waals surface area contributed by atoms with Crippen LogP contribution < -0.4 is 36.6 Å². The van der Waals surface area contributed by atoms with Gasteiger partial charge in [-0.15, -0.1) is 6.58 Å². The van der Waals surface area contributed by atoms with Crippen molar-refractivity contribution in [3.05, 3.63) is 315 Å². The Hall–Kier alpha value is -5.51. The second kappa shape index (κ2) is 73.0. The fourth-order valence-corrected chi connectivity index (χ4v) is 15.7. The molecule has 1 aliphatic heterocycles. The summed E-state index contributed by atoms with van der Waals surface area (Å²) in [6, 6.07) is 57.2. The quantitative estimate of drug-likeness (QED) is 0.0323. The van der Waals surface area contributed by atoms with E-state index in [-0.39, 0.29) is 108 Å². The van der Waals surface area contributed by atoms with Crippen LogP contribution in [0.2, 0.25) is 0 Å². The number of para-hydroxylation sites is 2. The third kappa shape index (κ3) is 40.4. The number of carbonyl (C=O) groups is 2. The van der Waals surface area contributed by atoms with Crippen molar-refractivity contribution in [1.29, 1.82) is 0 Å². The third-order valence-electron chi connectivity index (χ3n) is 15.6. The van der Waals surface area contributed by atoms with E-state index in [0.717, 1.165) is 94.6 Å². The minimum atomic E-state index is -0.824. The minimum absolute atomic E-state index is 0. The molecule has 9 nitrogen and oxygen atoms in total. The molecule has 0 amide bonds. The maximum Gasteiger partial charge on any atom is 2.00 e. The van der Waals surface area contributed by atoms with Gasteiger partial charge in [0.1, 0.15) is 24.1 Å². The first-order valence-electron chi connectivity index (χ1n) is 33.4. The average Bonchev–Trinajstić information content (AvgIpc) is 0.900. The van der Waals surface area contributed by atoms with Crippen molar-refractivity contribution in [1.82, 2.24) is 0 Å². The van der Waals surface area contributed by atoms with Crippen LogP contribution in [0.4, 0.5) is 0 Å². The monoisotopic (exact) mass is 1810 g/mol. The summed E-state index contributed by atoms with van der Waals surface area (Å²) in [7, 11) is 0.353. The number of aldehydes is 2. The summed E-state index contributed by atoms with van der Waals surface area (Å²) in [6.07, 6.45) is 55.4. The van der Waals surface area contributed by atoms with Crippen LogP contribution in [0.3, 0.4) is 0 Å². The van der Waals surface area contributed by atoms with Crippen LogP contribution in [0.15, 0.2) is 267 Å². The van der Waals surface area contributed by atoms with Crippen molar-refractivity contribution in [2.45, 2.75) is 130 Å². The van der Waals surface area contributed by atoms with Gasteiger partial charge >= 0.3 is 60.8 Å². The zero-order valence-corrected chi connectivity index (χ0v) is 71.7. The van der Waals surface area contributed by atoms with E-state index in [2.05, 4.69) is 283 Å². The fraction of sp³-hybridized carbons (Fsp3) is 0.292. The van der Waals surface area contributed by atoms with E-state index in [1.54, 1.807) is 0 Å². The molecule has 2 atom stereocenters. The van der Waals surface area contributed by atoms with E-state index < -0.39 is 15.8 Å². The second-order valence-corrected chi connectivity index (χ2v) is 26.8. The first-order valence-corrected chi connectivity index (χ1v) is 36.2. The van der Waals surface area contributed by atoms with Gasteiger partial charge < -0.3 is 71.9 Å². The van der Waals surface area contributed by atoms with Crippen LogP contribution in [-0.2, 0) is 105 Å². The van der Waals surface area contributed by atoms with Gasteiger partial charge in [-0.1, -0.05) is 289 Å². The zero-order valence-electron chi connectivity index (χ0n) is 64.4. The van der Waals surface area contributed by atoms with Crippen molar-refractivity contribution in [3.8, 4) is 11.5 Å². The molecule has 580 valence electrons. The predicted molar refractivity (Wildman–Crippen MR) is 440 cm³/mol. The number of hydrogen-bond acceptors (Lipinski definition) is 8. The van der Waals surface area contributed by atoms with Crippen molar-refractivity contribution < 1.29 is 123 Å². The number of fused-ring (bicyclic) bond motifs is 6. The maximum absolute atomic E-state index is 10.3. The molecule has 0 aromatic heterocycles. The Morgan fingerprint density at radius 2 is 0.846 bits per heavy atom. The van der Waals surface area contributed by atoms with E-state index in [0.29, 0.717) is 11.8 Å². The minimum Gasteiger partial charge on any atom is 0 e. The van der Waals surface area contributed by atoms with Gasteiger partial charge in [-0.25, -0.2) is 0 Å². The molecule has 4 bridgehead atoms. The first-order chi connectivity index (χ1) is 47.1. The predicted octanol–water partition coefficient (Wildman–Crippen LogP) is 19.6. The Balaban J connectivity index is -0.000000172. The molecule has 104 heavy (non-hydrogen) atoms. The van der Waals surface area contributed by atoms with Crippen molar-refractivity contribution in [2.75, 3.05) is 14.2 Å². The standard InChI is InChI=1S/C39H32OP2.C8H8O.2C8H12.C7H8.C5H10O.C4H8.C2H3O.2CH4O.CHO.5CH3.H2O.O.4Rh.H2/c1-39(2)33-25-15-27-35(41(29-17-7-3-8-18-29)30-19-9-4-10-20-30)37(33)40-38-34(39)26-16-28-36(38)42(31-21-11-5-12-22-31)32-23-13-6-14-24-32;9-5-8-4-6-1-2-7(8)3-6;2*1-2-4-6-8-7-5-3-1;1-2-7-4-3-6(1)5-7;1-2-3-4-5-6;1-3-4-2;1-2-3;3*1-2;;;;;;;;;;;;/h3-28H,1-2H3;1-2,4-7H,3H2;2*1-2,7-8H,3-6H2;1-4,6-7H,5H2;5H,2-4H2,1H3;3H,1,4H2,2H3;1H3;2*2H,1H3;1H;5*1H3;1H2;;;;;;1H/q;;;;;;;-1;;;6*-1;;;;;2*+2;/b;;2*2-1-,8-7?;;;;;;;;;;;;;;;;;;;/i;;;;;;;;;;1D;;;;;;;;;;;;1+1. The molecule has 1 heterocycles. The van der Waals surface area contributed by atoms with Crippen LogP contribution in [0.5, 0.6) is 11.5 Å². The molecule has 0 saturated carbocycles. The second-order valence-electron chi connectivity index (χ2n) is 22.5. The number of hydrogen-bond donors (Lipinski definition) is 2. The largest absolute Gasteiger partial charge is 2.00 e. The van der Waals surface area contributed by atoms with Gasteiger partial charge in [0.05, 0.1) is 0 Å². The van der Waals surface area contributed by atoms with Gasteiger partial charge in [0, 0.05) is 74.6 Å². The number of aliphatic hydroxyl groups is 2. The maximum atomic E-state index is 10.3. The van der Waals surface area contributed by atoms with Gasteiger partial charge in [-0.2, -0.15) is 8.29 Å². The molecule has 0 fully saturated rings. The Kier molecular flexibility index (Phi) is 78.5. The van der Waals surface area contributed by atoms with Crippen molar-refractivity contribution >= 4 is 73.3 Å².